The van der Waals surface area contributed by atoms with Crippen molar-refractivity contribution in [3.05, 3.63) is 34.3 Å². The molecule has 0 aliphatic rings. The monoisotopic (exact) mass is 267 g/mol. The largest absolute Gasteiger partial charge is 0.314 e. The molecule has 2 atom stereocenters. The van der Waals surface area contributed by atoms with Gasteiger partial charge in [-0.1, -0.05) is 37.6 Å². The van der Waals surface area contributed by atoms with Crippen LogP contribution in [0.2, 0.25) is 5.02 Å². The Labute approximate surface area is 117 Å². The molecule has 102 valence electrons. The number of aryl methyl sites for hydroxylation is 1. The maximum absolute atomic E-state index is 6.28. The van der Waals surface area contributed by atoms with E-state index in [2.05, 4.69) is 51.2 Å². The van der Waals surface area contributed by atoms with E-state index in [-0.39, 0.29) is 0 Å². The van der Waals surface area contributed by atoms with Crippen molar-refractivity contribution < 1.29 is 0 Å². The van der Waals surface area contributed by atoms with Crippen molar-refractivity contribution in [3.63, 3.8) is 0 Å². The summed E-state index contributed by atoms with van der Waals surface area (Å²) in [6, 6.07) is 6.96. The molecule has 0 heterocycles. The third-order valence-corrected chi connectivity index (χ3v) is 3.63. The summed E-state index contributed by atoms with van der Waals surface area (Å²) in [5.74, 6) is 0.657. The summed E-state index contributed by atoms with van der Waals surface area (Å²) >= 11 is 6.28. The fourth-order valence-electron chi connectivity index (χ4n) is 2.35. The summed E-state index contributed by atoms with van der Waals surface area (Å²) in [6.45, 7) is 9.97. The molecule has 0 radical (unpaired) electrons. The van der Waals surface area contributed by atoms with Crippen LogP contribution in [0.25, 0.3) is 0 Å². The zero-order valence-corrected chi connectivity index (χ0v) is 12.8. The Morgan fingerprint density at radius 3 is 2.61 bits per heavy atom. The van der Waals surface area contributed by atoms with Crippen molar-refractivity contribution in [2.75, 3.05) is 6.54 Å². The van der Waals surface area contributed by atoms with Crippen molar-refractivity contribution in [2.24, 2.45) is 5.92 Å². The molecule has 1 nitrogen and oxygen atoms in total. The predicted molar refractivity (Wildman–Crippen MR) is 81.4 cm³/mol. The minimum Gasteiger partial charge on any atom is -0.314 e. The molecule has 18 heavy (non-hydrogen) atoms. The molecule has 0 spiro atoms. The Balaban J connectivity index is 2.46. The van der Waals surface area contributed by atoms with Crippen LogP contribution >= 0.6 is 11.6 Å². The molecule has 0 aliphatic carbocycles. The third kappa shape index (κ3) is 5.41. The van der Waals surface area contributed by atoms with Gasteiger partial charge in [-0.3, -0.25) is 0 Å². The van der Waals surface area contributed by atoms with Gasteiger partial charge in [0, 0.05) is 11.1 Å². The van der Waals surface area contributed by atoms with Crippen molar-refractivity contribution >= 4 is 11.6 Å². The number of hydrogen-bond donors (Lipinski definition) is 1. The van der Waals surface area contributed by atoms with Crippen LogP contribution in [0.5, 0.6) is 0 Å². The van der Waals surface area contributed by atoms with Gasteiger partial charge in [-0.2, -0.15) is 0 Å². The first-order valence-electron chi connectivity index (χ1n) is 7.01. The Hall–Kier alpha value is -0.530. The van der Waals surface area contributed by atoms with Gasteiger partial charge < -0.3 is 5.32 Å². The molecule has 1 aromatic rings. The van der Waals surface area contributed by atoms with Crippen molar-refractivity contribution in [2.45, 2.75) is 53.0 Å². The summed E-state index contributed by atoms with van der Waals surface area (Å²) in [7, 11) is 0. The van der Waals surface area contributed by atoms with Crippen LogP contribution in [0, 0.1) is 12.8 Å². The van der Waals surface area contributed by atoms with Gasteiger partial charge in [0.15, 0.2) is 0 Å². The fourth-order valence-corrected chi connectivity index (χ4v) is 2.67. The maximum Gasteiger partial charge on any atom is 0.0440 e. The highest BCUT2D eigenvalue weighted by molar-refractivity contribution is 6.31. The van der Waals surface area contributed by atoms with Crippen molar-refractivity contribution in [1.29, 1.82) is 0 Å². The molecule has 0 saturated heterocycles. The minimum atomic E-state index is 0.587. The number of rotatable bonds is 7. The third-order valence-electron chi connectivity index (χ3n) is 3.28. The first-order chi connectivity index (χ1) is 8.52. The second-order valence-corrected chi connectivity index (χ2v) is 5.90. The summed E-state index contributed by atoms with van der Waals surface area (Å²) in [6.07, 6.45) is 3.46. The molecule has 0 amide bonds. The smallest absolute Gasteiger partial charge is 0.0440 e. The van der Waals surface area contributed by atoms with Gasteiger partial charge in [-0.25, -0.2) is 0 Å². The average Bonchev–Trinajstić information content (AvgIpc) is 2.30. The van der Waals surface area contributed by atoms with E-state index >= 15 is 0 Å². The van der Waals surface area contributed by atoms with Crippen LogP contribution in [0.3, 0.4) is 0 Å². The van der Waals surface area contributed by atoms with Gasteiger partial charge in [-0.15, -0.1) is 0 Å². The average molecular weight is 268 g/mol. The minimum absolute atomic E-state index is 0.587. The molecule has 2 unspecified atom stereocenters. The lowest BCUT2D eigenvalue weighted by atomic mass is 9.94. The lowest BCUT2D eigenvalue weighted by Crippen LogP contribution is -2.28. The molecule has 0 aromatic heterocycles. The number of halogens is 1. The highest BCUT2D eigenvalue weighted by Crippen LogP contribution is 2.22. The standard InChI is InChI=1S/C16H26ClN/c1-5-8-18-14(4)9-13(3)10-15-7-6-12(2)11-16(15)17/h6-7,11,13-14,18H,5,8-10H2,1-4H3. The lowest BCUT2D eigenvalue weighted by Gasteiger charge is -2.19. The van der Waals surface area contributed by atoms with Crippen LogP contribution in [0.1, 0.15) is 44.7 Å². The molecule has 1 aromatic carbocycles. The van der Waals surface area contributed by atoms with Crippen LogP contribution in [-0.2, 0) is 6.42 Å². The highest BCUT2D eigenvalue weighted by atomic mass is 35.5. The maximum atomic E-state index is 6.28. The van der Waals surface area contributed by atoms with E-state index in [0.717, 1.165) is 18.0 Å². The SMILES string of the molecule is CCCNC(C)CC(C)Cc1ccc(C)cc1Cl. The zero-order valence-electron chi connectivity index (χ0n) is 12.1. The van der Waals surface area contributed by atoms with E-state index < -0.39 is 0 Å². The van der Waals surface area contributed by atoms with Gasteiger partial charge in [0.2, 0.25) is 0 Å². The van der Waals surface area contributed by atoms with Gasteiger partial charge in [-0.05, 0) is 62.8 Å². The number of hydrogen-bond acceptors (Lipinski definition) is 1. The van der Waals surface area contributed by atoms with Crippen LogP contribution in [0.15, 0.2) is 18.2 Å². The highest BCUT2D eigenvalue weighted by Gasteiger charge is 2.10. The van der Waals surface area contributed by atoms with Crippen LogP contribution < -0.4 is 5.32 Å². The first kappa shape index (κ1) is 15.5. The first-order valence-corrected chi connectivity index (χ1v) is 7.39. The molecule has 2 heteroatoms. The fraction of sp³-hybridized carbons (Fsp3) is 0.625. The molecular weight excluding hydrogens is 242 g/mol. The topological polar surface area (TPSA) is 12.0 Å². The molecule has 0 fully saturated rings. The Bertz CT molecular complexity index is 362. The van der Waals surface area contributed by atoms with Crippen LogP contribution in [0.4, 0.5) is 0 Å². The van der Waals surface area contributed by atoms with Crippen molar-refractivity contribution in [1.82, 2.24) is 5.32 Å². The molecular formula is C16H26ClN. The molecule has 0 bridgehead atoms. The van der Waals surface area contributed by atoms with Crippen LogP contribution in [-0.4, -0.2) is 12.6 Å². The second-order valence-electron chi connectivity index (χ2n) is 5.50. The molecule has 0 saturated carbocycles. The van der Waals surface area contributed by atoms with Gasteiger partial charge in [0.05, 0.1) is 0 Å². The normalized spacial score (nSPS) is 14.5. The van der Waals surface area contributed by atoms with E-state index in [1.165, 1.54) is 24.0 Å². The van der Waals surface area contributed by atoms with Crippen molar-refractivity contribution in [3.8, 4) is 0 Å². The lowest BCUT2D eigenvalue weighted by molar-refractivity contribution is 0.420. The summed E-state index contributed by atoms with van der Waals surface area (Å²) < 4.78 is 0. The predicted octanol–water partition coefficient (Wildman–Crippen LogP) is 4.61. The van der Waals surface area contributed by atoms with E-state index in [4.69, 9.17) is 11.6 Å². The van der Waals surface area contributed by atoms with E-state index in [9.17, 15) is 0 Å². The van der Waals surface area contributed by atoms with Gasteiger partial charge >= 0.3 is 0 Å². The Kier molecular flexibility index (Phi) is 6.73. The Morgan fingerprint density at radius 1 is 1.28 bits per heavy atom. The zero-order chi connectivity index (χ0) is 13.5. The molecule has 1 rings (SSSR count). The number of benzene rings is 1. The van der Waals surface area contributed by atoms with E-state index in [0.29, 0.717) is 12.0 Å². The van der Waals surface area contributed by atoms with Gasteiger partial charge in [0.1, 0.15) is 0 Å². The summed E-state index contributed by atoms with van der Waals surface area (Å²) in [5, 5.41) is 4.45. The second kappa shape index (κ2) is 7.81. The molecule has 1 N–H and O–H groups in total. The molecule has 0 aliphatic heterocycles. The van der Waals surface area contributed by atoms with E-state index in [1.54, 1.807) is 0 Å². The summed E-state index contributed by atoms with van der Waals surface area (Å²) in [5.41, 5.74) is 2.51. The quantitative estimate of drug-likeness (QED) is 0.761. The summed E-state index contributed by atoms with van der Waals surface area (Å²) in [4.78, 5) is 0. The Morgan fingerprint density at radius 2 is 2.00 bits per heavy atom. The van der Waals surface area contributed by atoms with Gasteiger partial charge in [0.25, 0.3) is 0 Å². The number of nitrogens with one attached hydrogen (secondary N) is 1. The van der Waals surface area contributed by atoms with E-state index in [1.807, 2.05) is 0 Å².